The Kier molecular flexibility index (Phi) is 10.4. The lowest BCUT2D eigenvalue weighted by atomic mass is 9.70. The number of carboxylic acids is 1. The van der Waals surface area contributed by atoms with Crippen LogP contribution in [-0.4, -0.2) is 11.1 Å². The van der Waals surface area contributed by atoms with Crippen LogP contribution in [0.5, 0.6) is 0 Å². The lowest BCUT2D eigenvalue weighted by Crippen LogP contribution is -2.20. The molecule has 0 aromatic heterocycles. The molecule has 0 fully saturated rings. The van der Waals surface area contributed by atoms with Gasteiger partial charge in [0, 0.05) is 0 Å². The summed E-state index contributed by atoms with van der Waals surface area (Å²) >= 11 is 0. The third-order valence-corrected chi connectivity index (χ3v) is 6.58. The Morgan fingerprint density at radius 2 is 1.70 bits per heavy atom. The minimum absolute atomic E-state index is 0.273. The molecule has 0 amide bonds. The van der Waals surface area contributed by atoms with E-state index < -0.39 is 5.97 Å². The highest BCUT2D eigenvalue weighted by Crippen LogP contribution is 2.42. The molecule has 0 bridgehead atoms. The Balaban J connectivity index is 2.22. The minimum Gasteiger partial charge on any atom is -0.481 e. The van der Waals surface area contributed by atoms with Gasteiger partial charge in [0.15, 0.2) is 0 Å². The van der Waals surface area contributed by atoms with Crippen LogP contribution in [0.2, 0.25) is 0 Å². The van der Waals surface area contributed by atoms with E-state index in [1.165, 1.54) is 51.4 Å². The van der Waals surface area contributed by atoms with Crippen molar-refractivity contribution in [2.24, 2.45) is 23.2 Å². The molecule has 0 aliphatic heterocycles. The number of allylic oxidation sites excluding steroid dienone is 4. The summed E-state index contributed by atoms with van der Waals surface area (Å²) in [5.41, 5.74) is 3.83. The van der Waals surface area contributed by atoms with Gasteiger partial charge >= 0.3 is 5.97 Å². The molecule has 27 heavy (non-hydrogen) atoms. The number of hydrogen-bond acceptors (Lipinski definition) is 1. The van der Waals surface area contributed by atoms with Crippen molar-refractivity contribution in [1.29, 1.82) is 0 Å². The first-order chi connectivity index (χ1) is 12.6. The fourth-order valence-corrected chi connectivity index (χ4v) is 4.42. The van der Waals surface area contributed by atoms with Gasteiger partial charge in [-0.3, -0.25) is 4.79 Å². The van der Waals surface area contributed by atoms with Crippen LogP contribution in [0.15, 0.2) is 23.3 Å². The fraction of sp³-hybridized carbons (Fsp3) is 0.800. The number of carboxylic acid groups (broad SMARTS) is 1. The van der Waals surface area contributed by atoms with Crippen LogP contribution in [-0.2, 0) is 4.79 Å². The highest BCUT2D eigenvalue weighted by atomic mass is 16.4. The van der Waals surface area contributed by atoms with Gasteiger partial charge in [-0.2, -0.15) is 0 Å². The highest BCUT2D eigenvalue weighted by Gasteiger charge is 2.28. The smallest absolute Gasteiger partial charge is 0.306 e. The maximum Gasteiger partial charge on any atom is 0.306 e. The van der Waals surface area contributed by atoms with Gasteiger partial charge < -0.3 is 5.11 Å². The van der Waals surface area contributed by atoms with Crippen LogP contribution in [0.3, 0.4) is 0 Å². The molecule has 1 N–H and O–H groups in total. The van der Waals surface area contributed by atoms with Crippen molar-refractivity contribution in [3.8, 4) is 0 Å². The van der Waals surface area contributed by atoms with Crippen molar-refractivity contribution < 1.29 is 9.90 Å². The van der Waals surface area contributed by atoms with E-state index in [2.05, 4.69) is 40.7 Å². The molecule has 0 saturated heterocycles. The van der Waals surface area contributed by atoms with E-state index in [1.807, 2.05) is 6.08 Å². The van der Waals surface area contributed by atoms with E-state index >= 15 is 0 Å². The predicted octanol–water partition coefficient (Wildman–Crippen LogP) is 7.79. The average molecular weight is 377 g/mol. The van der Waals surface area contributed by atoms with E-state index in [9.17, 15) is 4.79 Å². The second kappa shape index (κ2) is 11.7. The summed E-state index contributed by atoms with van der Waals surface area (Å²) in [6, 6.07) is 0. The third-order valence-electron chi connectivity index (χ3n) is 6.58. The van der Waals surface area contributed by atoms with Gasteiger partial charge in [0.1, 0.15) is 0 Å². The van der Waals surface area contributed by atoms with Crippen molar-refractivity contribution in [2.45, 2.75) is 106 Å². The fourth-order valence-electron chi connectivity index (χ4n) is 4.42. The first kappa shape index (κ1) is 24.0. The van der Waals surface area contributed by atoms with E-state index in [-0.39, 0.29) is 5.92 Å². The summed E-state index contributed by atoms with van der Waals surface area (Å²) in [4.78, 5) is 10.8. The van der Waals surface area contributed by atoms with Crippen molar-refractivity contribution in [2.75, 3.05) is 0 Å². The van der Waals surface area contributed by atoms with Crippen LogP contribution in [0.25, 0.3) is 0 Å². The van der Waals surface area contributed by atoms with E-state index in [4.69, 9.17) is 5.11 Å². The van der Waals surface area contributed by atoms with Gasteiger partial charge in [-0.1, -0.05) is 77.2 Å². The summed E-state index contributed by atoms with van der Waals surface area (Å²) in [7, 11) is 0. The normalized spacial score (nSPS) is 20.7. The Morgan fingerprint density at radius 1 is 1.07 bits per heavy atom. The Hall–Kier alpha value is -1.05. The van der Waals surface area contributed by atoms with E-state index in [1.54, 1.807) is 18.1 Å². The van der Waals surface area contributed by atoms with Gasteiger partial charge in [-0.15, -0.1) is 0 Å². The monoisotopic (exact) mass is 376 g/mol. The number of aliphatic carboxylic acids is 1. The van der Waals surface area contributed by atoms with Crippen molar-refractivity contribution in [3.05, 3.63) is 23.3 Å². The lowest BCUT2D eigenvalue weighted by Gasteiger charge is -2.35. The standard InChI is InChI=1S/C25H44O2/c1-19(11-7-8-14-22(4)24(26)27)12-9-13-20(2)16-17-23-21(3)15-10-18-25(23,5)6/h7-8,19-20,22H,9-18H2,1-6H3,(H,26,27)/b8-7+/t19?,20?,22-/m1/s1. The molecule has 2 nitrogen and oxygen atoms in total. The van der Waals surface area contributed by atoms with Gasteiger partial charge in [0.05, 0.1) is 5.92 Å². The maximum absolute atomic E-state index is 10.8. The molecule has 156 valence electrons. The largest absolute Gasteiger partial charge is 0.481 e. The first-order valence-electron chi connectivity index (χ1n) is 11.2. The van der Waals surface area contributed by atoms with E-state index in [0.717, 1.165) is 12.3 Å². The number of rotatable bonds is 12. The van der Waals surface area contributed by atoms with Crippen molar-refractivity contribution >= 4 is 5.97 Å². The Morgan fingerprint density at radius 3 is 2.33 bits per heavy atom. The second-order valence-electron chi connectivity index (χ2n) is 9.86. The molecule has 2 unspecified atom stereocenters. The van der Waals surface area contributed by atoms with Gasteiger partial charge in [0.25, 0.3) is 0 Å². The molecule has 0 heterocycles. The zero-order valence-corrected chi connectivity index (χ0v) is 18.8. The molecule has 2 heteroatoms. The van der Waals surface area contributed by atoms with Crippen molar-refractivity contribution in [3.63, 3.8) is 0 Å². The lowest BCUT2D eigenvalue weighted by molar-refractivity contribution is -0.140. The van der Waals surface area contributed by atoms with Gasteiger partial charge in [-0.25, -0.2) is 0 Å². The summed E-state index contributed by atoms with van der Waals surface area (Å²) < 4.78 is 0. The summed E-state index contributed by atoms with van der Waals surface area (Å²) in [6.07, 6.45) is 16.5. The molecular weight excluding hydrogens is 332 g/mol. The van der Waals surface area contributed by atoms with Crippen LogP contribution in [0, 0.1) is 23.2 Å². The summed E-state index contributed by atoms with van der Waals surface area (Å²) in [5, 5.41) is 8.89. The zero-order valence-electron chi connectivity index (χ0n) is 18.8. The summed E-state index contributed by atoms with van der Waals surface area (Å²) in [5.74, 6) is 0.521. The van der Waals surface area contributed by atoms with Gasteiger partial charge in [0.2, 0.25) is 0 Å². The first-order valence-corrected chi connectivity index (χ1v) is 11.2. The number of carbonyl (C=O) groups is 1. The Labute approximate surface area is 168 Å². The third kappa shape index (κ3) is 9.12. The molecule has 0 aromatic rings. The topological polar surface area (TPSA) is 37.3 Å². The number of hydrogen-bond donors (Lipinski definition) is 1. The molecular formula is C25H44O2. The van der Waals surface area contributed by atoms with Crippen LogP contribution >= 0.6 is 0 Å². The molecule has 3 atom stereocenters. The van der Waals surface area contributed by atoms with Crippen molar-refractivity contribution in [1.82, 2.24) is 0 Å². The highest BCUT2D eigenvalue weighted by molar-refractivity contribution is 5.69. The quantitative estimate of drug-likeness (QED) is 0.353. The van der Waals surface area contributed by atoms with E-state index in [0.29, 0.717) is 17.8 Å². The molecule has 1 aliphatic carbocycles. The predicted molar refractivity (Wildman–Crippen MR) is 117 cm³/mol. The van der Waals surface area contributed by atoms with Crippen LogP contribution in [0.1, 0.15) is 106 Å². The molecule has 0 radical (unpaired) electrons. The molecule has 0 spiro atoms. The summed E-state index contributed by atoms with van der Waals surface area (Å²) in [6.45, 7) is 13.7. The zero-order chi connectivity index (χ0) is 20.4. The molecule has 0 saturated carbocycles. The van der Waals surface area contributed by atoms with Gasteiger partial charge in [-0.05, 0) is 69.1 Å². The molecule has 0 aromatic carbocycles. The van der Waals surface area contributed by atoms with Crippen LogP contribution < -0.4 is 0 Å². The Bertz CT molecular complexity index is 512. The molecule has 1 rings (SSSR count). The second-order valence-corrected chi connectivity index (χ2v) is 9.86. The average Bonchev–Trinajstić information content (AvgIpc) is 2.57. The maximum atomic E-state index is 10.8. The SMILES string of the molecule is CC1=C(CCC(C)CCCC(C)C/C=C/C[C@@H](C)C(=O)O)C(C)(C)CCC1. The minimum atomic E-state index is -0.704. The molecule has 1 aliphatic rings. The van der Waals surface area contributed by atoms with Crippen LogP contribution in [0.4, 0.5) is 0 Å².